The predicted octanol–water partition coefficient (Wildman–Crippen LogP) is 4.06. The lowest BCUT2D eigenvalue weighted by molar-refractivity contribution is 0.190. The van der Waals surface area contributed by atoms with Crippen LogP contribution in [0.1, 0.15) is 32.8 Å². The van der Waals surface area contributed by atoms with Crippen molar-refractivity contribution in [2.45, 2.75) is 38.7 Å². The molecule has 1 atom stereocenters. The van der Waals surface area contributed by atoms with Gasteiger partial charge >= 0.3 is 6.03 Å². The summed E-state index contributed by atoms with van der Waals surface area (Å²) < 4.78 is 5.83. The summed E-state index contributed by atoms with van der Waals surface area (Å²) in [5.74, 6) is 0.604. The highest BCUT2D eigenvalue weighted by Crippen LogP contribution is 2.24. The first-order valence-electron chi connectivity index (χ1n) is 8.66. The molecule has 1 aliphatic rings. The maximum absolute atomic E-state index is 12.4. The highest BCUT2D eigenvalue weighted by molar-refractivity contribution is 5.89. The van der Waals surface area contributed by atoms with Gasteiger partial charge in [0.2, 0.25) is 5.88 Å². The Balaban J connectivity index is 1.54. The number of carbonyl (C=O) groups excluding carboxylic acids is 1. The summed E-state index contributed by atoms with van der Waals surface area (Å²) in [6.45, 7) is 7.78. The molecule has 0 spiro atoms. The Hall–Kier alpha value is -2.56. The van der Waals surface area contributed by atoms with Crippen molar-refractivity contribution in [2.75, 3.05) is 18.4 Å². The van der Waals surface area contributed by atoms with Crippen LogP contribution in [0.4, 0.5) is 10.5 Å². The summed E-state index contributed by atoms with van der Waals surface area (Å²) in [6, 6.07) is 13.5. The standard InChI is InChI=1S/C20H25N3O2/c1-20(2,3)15-7-9-16(10-8-15)22-19(24)23-13-11-17(14-23)25-18-6-4-5-12-21-18/h4-10,12,17H,11,13-14H2,1-3H3,(H,22,24). The molecule has 0 radical (unpaired) electrons. The van der Waals surface area contributed by atoms with E-state index in [9.17, 15) is 4.79 Å². The molecule has 1 unspecified atom stereocenters. The summed E-state index contributed by atoms with van der Waals surface area (Å²) in [6.07, 6.45) is 2.51. The van der Waals surface area contributed by atoms with Gasteiger partial charge in [0, 0.05) is 30.9 Å². The van der Waals surface area contributed by atoms with Gasteiger partial charge in [-0.2, -0.15) is 0 Å². The van der Waals surface area contributed by atoms with Gasteiger partial charge in [0.25, 0.3) is 0 Å². The first-order valence-corrected chi connectivity index (χ1v) is 8.66. The van der Waals surface area contributed by atoms with Crippen molar-refractivity contribution in [2.24, 2.45) is 0 Å². The van der Waals surface area contributed by atoms with Crippen molar-refractivity contribution in [3.05, 3.63) is 54.2 Å². The fourth-order valence-electron chi connectivity index (χ4n) is 2.85. The second kappa shape index (κ2) is 7.13. The number of pyridine rings is 1. The zero-order chi connectivity index (χ0) is 17.9. The number of anilines is 1. The minimum atomic E-state index is -0.0874. The van der Waals surface area contributed by atoms with Crippen LogP contribution in [0.15, 0.2) is 48.7 Å². The molecule has 0 saturated carbocycles. The Bertz CT molecular complexity index is 708. The van der Waals surface area contributed by atoms with Gasteiger partial charge < -0.3 is 15.0 Å². The molecule has 132 valence electrons. The Morgan fingerprint density at radius 2 is 1.96 bits per heavy atom. The molecule has 0 bridgehead atoms. The van der Waals surface area contributed by atoms with Gasteiger partial charge in [-0.25, -0.2) is 9.78 Å². The number of aromatic nitrogens is 1. The van der Waals surface area contributed by atoms with Crippen LogP contribution in [0.25, 0.3) is 0 Å². The number of amides is 2. The van der Waals surface area contributed by atoms with Crippen molar-refractivity contribution in [1.29, 1.82) is 0 Å². The SMILES string of the molecule is CC(C)(C)c1ccc(NC(=O)N2CCC(Oc3ccccn3)C2)cc1. The van der Waals surface area contributed by atoms with Crippen LogP contribution in [-0.2, 0) is 5.41 Å². The van der Waals surface area contributed by atoms with Gasteiger partial charge in [-0.3, -0.25) is 0 Å². The monoisotopic (exact) mass is 339 g/mol. The highest BCUT2D eigenvalue weighted by Gasteiger charge is 2.28. The number of hydrogen-bond donors (Lipinski definition) is 1. The molecular formula is C20H25N3O2. The second-order valence-corrected chi connectivity index (χ2v) is 7.40. The molecule has 5 nitrogen and oxygen atoms in total. The van der Waals surface area contributed by atoms with Crippen LogP contribution < -0.4 is 10.1 Å². The topological polar surface area (TPSA) is 54.5 Å². The van der Waals surface area contributed by atoms with E-state index in [4.69, 9.17) is 4.74 Å². The van der Waals surface area contributed by atoms with E-state index in [0.29, 0.717) is 19.0 Å². The smallest absolute Gasteiger partial charge is 0.321 e. The third kappa shape index (κ3) is 4.50. The highest BCUT2D eigenvalue weighted by atomic mass is 16.5. The summed E-state index contributed by atoms with van der Waals surface area (Å²) >= 11 is 0. The minimum Gasteiger partial charge on any atom is -0.472 e. The van der Waals surface area contributed by atoms with Crippen LogP contribution in [0.5, 0.6) is 5.88 Å². The summed E-state index contributed by atoms with van der Waals surface area (Å²) in [7, 11) is 0. The Morgan fingerprint density at radius 1 is 1.20 bits per heavy atom. The number of ether oxygens (including phenoxy) is 1. The molecule has 1 aromatic carbocycles. The number of urea groups is 1. The van der Waals surface area contributed by atoms with E-state index in [0.717, 1.165) is 12.1 Å². The molecule has 3 rings (SSSR count). The summed E-state index contributed by atoms with van der Waals surface area (Å²) in [4.78, 5) is 18.4. The Morgan fingerprint density at radius 3 is 2.60 bits per heavy atom. The lowest BCUT2D eigenvalue weighted by Crippen LogP contribution is -2.34. The molecule has 5 heteroatoms. The van der Waals surface area contributed by atoms with Gasteiger partial charge in [0.05, 0.1) is 6.54 Å². The lowest BCUT2D eigenvalue weighted by Gasteiger charge is -2.20. The van der Waals surface area contributed by atoms with Crippen LogP contribution in [0.2, 0.25) is 0 Å². The average Bonchev–Trinajstić information content (AvgIpc) is 3.04. The van der Waals surface area contributed by atoms with E-state index < -0.39 is 0 Å². The van der Waals surface area contributed by atoms with Crippen molar-refractivity contribution in [1.82, 2.24) is 9.88 Å². The number of benzene rings is 1. The van der Waals surface area contributed by atoms with E-state index in [1.807, 2.05) is 30.3 Å². The van der Waals surface area contributed by atoms with Gasteiger partial charge in [-0.15, -0.1) is 0 Å². The van der Waals surface area contributed by atoms with E-state index in [1.165, 1.54) is 5.56 Å². The van der Waals surface area contributed by atoms with E-state index in [1.54, 1.807) is 11.1 Å². The quantitative estimate of drug-likeness (QED) is 0.917. The van der Waals surface area contributed by atoms with Gasteiger partial charge in [-0.1, -0.05) is 39.0 Å². The molecule has 1 aromatic heterocycles. The van der Waals surface area contributed by atoms with E-state index in [-0.39, 0.29) is 17.6 Å². The van der Waals surface area contributed by atoms with Crippen molar-refractivity contribution >= 4 is 11.7 Å². The second-order valence-electron chi connectivity index (χ2n) is 7.40. The number of rotatable bonds is 3. The number of nitrogens with zero attached hydrogens (tertiary/aromatic N) is 2. The third-order valence-corrected chi connectivity index (χ3v) is 4.36. The molecular weight excluding hydrogens is 314 g/mol. The molecule has 2 heterocycles. The predicted molar refractivity (Wildman–Crippen MR) is 99.0 cm³/mol. The molecule has 1 saturated heterocycles. The Kier molecular flexibility index (Phi) is 4.93. The zero-order valence-electron chi connectivity index (χ0n) is 15.0. The molecule has 1 aliphatic heterocycles. The number of likely N-dealkylation sites (tertiary alicyclic amines) is 1. The molecule has 1 fully saturated rings. The van der Waals surface area contributed by atoms with Gasteiger partial charge in [0.15, 0.2) is 0 Å². The van der Waals surface area contributed by atoms with Gasteiger partial charge in [-0.05, 0) is 29.2 Å². The van der Waals surface area contributed by atoms with Crippen molar-refractivity contribution < 1.29 is 9.53 Å². The lowest BCUT2D eigenvalue weighted by atomic mass is 9.87. The fourth-order valence-corrected chi connectivity index (χ4v) is 2.85. The van der Waals surface area contributed by atoms with Crippen LogP contribution in [0.3, 0.4) is 0 Å². The Labute approximate surface area is 149 Å². The third-order valence-electron chi connectivity index (χ3n) is 4.36. The maximum atomic E-state index is 12.4. The molecule has 2 aromatic rings. The van der Waals surface area contributed by atoms with Crippen molar-refractivity contribution in [3.8, 4) is 5.88 Å². The molecule has 2 amide bonds. The summed E-state index contributed by atoms with van der Waals surface area (Å²) in [5.41, 5.74) is 2.16. The van der Waals surface area contributed by atoms with Crippen LogP contribution in [-0.4, -0.2) is 35.1 Å². The fraction of sp³-hybridized carbons (Fsp3) is 0.400. The number of nitrogens with one attached hydrogen (secondary N) is 1. The summed E-state index contributed by atoms with van der Waals surface area (Å²) in [5, 5.41) is 2.96. The van der Waals surface area contributed by atoms with E-state index >= 15 is 0 Å². The van der Waals surface area contributed by atoms with Crippen LogP contribution in [0, 0.1) is 0 Å². The average molecular weight is 339 g/mol. The van der Waals surface area contributed by atoms with Crippen molar-refractivity contribution in [3.63, 3.8) is 0 Å². The minimum absolute atomic E-state index is 0.0103. The molecule has 0 aliphatic carbocycles. The first-order chi connectivity index (χ1) is 11.9. The molecule has 1 N–H and O–H groups in total. The molecule has 25 heavy (non-hydrogen) atoms. The normalized spacial score (nSPS) is 17.4. The van der Waals surface area contributed by atoms with Crippen LogP contribution >= 0.6 is 0 Å². The van der Waals surface area contributed by atoms with Gasteiger partial charge in [0.1, 0.15) is 6.10 Å². The zero-order valence-corrected chi connectivity index (χ0v) is 15.0. The largest absolute Gasteiger partial charge is 0.472 e. The van der Waals surface area contributed by atoms with E-state index in [2.05, 4.69) is 43.2 Å². The first kappa shape index (κ1) is 17.3. The number of hydrogen-bond acceptors (Lipinski definition) is 3. The number of carbonyl (C=O) groups is 1. The maximum Gasteiger partial charge on any atom is 0.321 e.